The molecule has 1 aliphatic rings. The van der Waals surface area contributed by atoms with Crippen molar-refractivity contribution >= 4 is 17.3 Å². The van der Waals surface area contributed by atoms with Gasteiger partial charge in [0.15, 0.2) is 0 Å². The molecule has 2 N–H and O–H groups in total. The van der Waals surface area contributed by atoms with E-state index in [1.807, 2.05) is 6.92 Å². The first-order valence-electron chi connectivity index (χ1n) is 4.39. The van der Waals surface area contributed by atoms with Gasteiger partial charge in [0.05, 0.1) is 11.8 Å². The third-order valence-electron chi connectivity index (χ3n) is 2.18. The summed E-state index contributed by atoms with van der Waals surface area (Å²) in [5.74, 6) is 0.759. The number of anilines is 1. The summed E-state index contributed by atoms with van der Waals surface area (Å²) in [6, 6.07) is 3.58. The molecule has 1 saturated carbocycles. The summed E-state index contributed by atoms with van der Waals surface area (Å²) in [6.07, 6.45) is 2.62. The Morgan fingerprint density at radius 1 is 1.46 bits per heavy atom. The van der Waals surface area contributed by atoms with Crippen molar-refractivity contribution in [3.8, 4) is 5.75 Å². The smallest absolute Gasteiger partial charge is 0.146 e. The molecule has 0 radical (unpaired) electrons. The van der Waals surface area contributed by atoms with E-state index in [1.54, 1.807) is 12.1 Å². The highest BCUT2D eigenvalue weighted by Crippen LogP contribution is 2.36. The Kier molecular flexibility index (Phi) is 2.08. The maximum Gasteiger partial charge on any atom is 0.146 e. The third-order valence-corrected chi connectivity index (χ3v) is 2.59. The molecule has 1 fully saturated rings. The summed E-state index contributed by atoms with van der Waals surface area (Å²) >= 11 is 5.95. The average Bonchev–Trinajstić information content (AvgIpc) is 2.89. The molecule has 0 heterocycles. The van der Waals surface area contributed by atoms with Gasteiger partial charge in [-0.2, -0.15) is 0 Å². The maximum atomic E-state index is 5.95. The fraction of sp³-hybridized carbons (Fsp3) is 0.400. The molecular formula is C10H12ClNO. The predicted octanol–water partition coefficient (Wildman–Crippen LogP) is 2.77. The van der Waals surface area contributed by atoms with Gasteiger partial charge in [-0.1, -0.05) is 11.6 Å². The molecule has 1 aliphatic carbocycles. The number of benzene rings is 1. The first-order chi connectivity index (χ1) is 6.18. The van der Waals surface area contributed by atoms with E-state index in [0.29, 0.717) is 16.8 Å². The molecule has 2 rings (SSSR count). The van der Waals surface area contributed by atoms with Crippen LogP contribution in [0.5, 0.6) is 5.75 Å². The molecular weight excluding hydrogens is 186 g/mol. The average molecular weight is 198 g/mol. The van der Waals surface area contributed by atoms with Crippen molar-refractivity contribution in [3.63, 3.8) is 0 Å². The van der Waals surface area contributed by atoms with Crippen LogP contribution in [0.4, 0.5) is 5.69 Å². The van der Waals surface area contributed by atoms with Gasteiger partial charge in [0, 0.05) is 10.6 Å². The van der Waals surface area contributed by atoms with Crippen LogP contribution in [0.3, 0.4) is 0 Å². The summed E-state index contributed by atoms with van der Waals surface area (Å²) in [7, 11) is 0. The summed E-state index contributed by atoms with van der Waals surface area (Å²) in [5.41, 5.74) is 7.40. The lowest BCUT2D eigenvalue weighted by Crippen LogP contribution is -2.01. The third kappa shape index (κ3) is 1.73. The van der Waals surface area contributed by atoms with Crippen LogP contribution in [-0.2, 0) is 0 Å². The zero-order valence-electron chi connectivity index (χ0n) is 7.51. The molecule has 1 aromatic rings. The van der Waals surface area contributed by atoms with E-state index in [4.69, 9.17) is 22.1 Å². The molecule has 3 heteroatoms. The number of nitrogens with two attached hydrogens (primary N) is 1. The minimum atomic E-state index is 0.361. The molecule has 70 valence electrons. The molecule has 2 nitrogen and oxygen atoms in total. The molecule has 13 heavy (non-hydrogen) atoms. The molecule has 1 aromatic carbocycles. The summed E-state index contributed by atoms with van der Waals surface area (Å²) in [4.78, 5) is 0. The first kappa shape index (κ1) is 8.70. The second-order valence-corrected chi connectivity index (χ2v) is 3.82. The van der Waals surface area contributed by atoms with Gasteiger partial charge in [0.2, 0.25) is 0 Å². The number of hydrogen-bond acceptors (Lipinski definition) is 2. The van der Waals surface area contributed by atoms with Crippen LogP contribution in [0.1, 0.15) is 18.4 Å². The standard InChI is InChI=1S/C10H12ClNO/c1-6-8(11)4-5-9(12)10(6)13-7-2-3-7/h4-5,7H,2-3,12H2,1H3. The van der Waals surface area contributed by atoms with Gasteiger partial charge in [-0.25, -0.2) is 0 Å². The van der Waals surface area contributed by atoms with Crippen molar-refractivity contribution in [1.29, 1.82) is 0 Å². The van der Waals surface area contributed by atoms with Crippen molar-refractivity contribution in [3.05, 3.63) is 22.7 Å². The Balaban J connectivity index is 2.34. The van der Waals surface area contributed by atoms with Gasteiger partial charge >= 0.3 is 0 Å². The Morgan fingerprint density at radius 3 is 2.77 bits per heavy atom. The Bertz CT molecular complexity index is 334. The zero-order chi connectivity index (χ0) is 9.42. The largest absolute Gasteiger partial charge is 0.488 e. The topological polar surface area (TPSA) is 35.2 Å². The van der Waals surface area contributed by atoms with Gasteiger partial charge in [0.1, 0.15) is 5.75 Å². The van der Waals surface area contributed by atoms with Crippen molar-refractivity contribution in [1.82, 2.24) is 0 Å². The molecule has 0 atom stereocenters. The van der Waals surface area contributed by atoms with Crippen molar-refractivity contribution in [2.45, 2.75) is 25.9 Å². The second-order valence-electron chi connectivity index (χ2n) is 3.41. The van der Waals surface area contributed by atoms with Crippen LogP contribution >= 0.6 is 11.6 Å². The van der Waals surface area contributed by atoms with Gasteiger partial charge < -0.3 is 10.5 Å². The highest BCUT2D eigenvalue weighted by Gasteiger charge is 2.25. The van der Waals surface area contributed by atoms with Crippen LogP contribution in [0.2, 0.25) is 5.02 Å². The number of hydrogen-bond donors (Lipinski definition) is 1. The highest BCUT2D eigenvalue weighted by molar-refractivity contribution is 6.31. The van der Waals surface area contributed by atoms with Crippen LogP contribution < -0.4 is 10.5 Å². The van der Waals surface area contributed by atoms with E-state index in [9.17, 15) is 0 Å². The van der Waals surface area contributed by atoms with E-state index in [0.717, 1.165) is 24.2 Å². The van der Waals surface area contributed by atoms with Crippen LogP contribution in [-0.4, -0.2) is 6.10 Å². The van der Waals surface area contributed by atoms with E-state index < -0.39 is 0 Å². The molecule has 0 amide bonds. The summed E-state index contributed by atoms with van der Waals surface area (Å²) < 4.78 is 5.66. The molecule has 0 aliphatic heterocycles. The lowest BCUT2D eigenvalue weighted by Gasteiger charge is -2.11. The highest BCUT2D eigenvalue weighted by atomic mass is 35.5. The summed E-state index contributed by atoms with van der Waals surface area (Å²) in [5, 5.41) is 0.713. The molecule has 0 unspecified atom stereocenters. The Labute approximate surface area is 82.6 Å². The molecule has 0 spiro atoms. The zero-order valence-corrected chi connectivity index (χ0v) is 8.27. The van der Waals surface area contributed by atoms with Crippen molar-refractivity contribution in [2.75, 3.05) is 5.73 Å². The Morgan fingerprint density at radius 2 is 2.15 bits per heavy atom. The fourth-order valence-electron chi connectivity index (χ4n) is 1.20. The van der Waals surface area contributed by atoms with Gasteiger partial charge in [0.25, 0.3) is 0 Å². The normalized spacial score (nSPS) is 15.8. The second kappa shape index (κ2) is 3.11. The van der Waals surface area contributed by atoms with E-state index in [2.05, 4.69) is 0 Å². The maximum absolute atomic E-state index is 5.95. The number of ether oxygens (including phenoxy) is 1. The minimum Gasteiger partial charge on any atom is -0.488 e. The lowest BCUT2D eigenvalue weighted by atomic mass is 10.2. The molecule has 0 saturated heterocycles. The van der Waals surface area contributed by atoms with Crippen LogP contribution in [0, 0.1) is 6.92 Å². The van der Waals surface area contributed by atoms with E-state index >= 15 is 0 Å². The molecule has 0 bridgehead atoms. The predicted molar refractivity (Wildman–Crippen MR) is 54.3 cm³/mol. The monoisotopic (exact) mass is 197 g/mol. The van der Waals surface area contributed by atoms with Gasteiger partial charge in [-0.05, 0) is 31.9 Å². The van der Waals surface area contributed by atoms with Crippen molar-refractivity contribution in [2.24, 2.45) is 0 Å². The Hall–Kier alpha value is -0.890. The van der Waals surface area contributed by atoms with Gasteiger partial charge in [-0.15, -0.1) is 0 Å². The lowest BCUT2D eigenvalue weighted by molar-refractivity contribution is 0.303. The SMILES string of the molecule is Cc1c(Cl)ccc(N)c1OC1CC1. The fourth-order valence-corrected chi connectivity index (χ4v) is 1.35. The van der Waals surface area contributed by atoms with Crippen molar-refractivity contribution < 1.29 is 4.74 Å². The number of nitrogen functional groups attached to an aromatic ring is 1. The van der Waals surface area contributed by atoms with Gasteiger partial charge in [-0.3, -0.25) is 0 Å². The van der Waals surface area contributed by atoms with Crippen LogP contribution in [0.25, 0.3) is 0 Å². The van der Waals surface area contributed by atoms with E-state index in [-0.39, 0.29) is 0 Å². The van der Waals surface area contributed by atoms with Crippen LogP contribution in [0.15, 0.2) is 12.1 Å². The molecule has 0 aromatic heterocycles. The van der Waals surface area contributed by atoms with E-state index in [1.165, 1.54) is 0 Å². The number of rotatable bonds is 2. The number of halogens is 1. The first-order valence-corrected chi connectivity index (χ1v) is 4.77. The minimum absolute atomic E-state index is 0.361. The summed E-state index contributed by atoms with van der Waals surface area (Å²) in [6.45, 7) is 1.93. The quantitative estimate of drug-likeness (QED) is 0.740.